The molecule has 22 heavy (non-hydrogen) atoms. The molecule has 1 heterocycles. The number of nitro groups is 1. The van der Waals surface area contributed by atoms with Gasteiger partial charge in [0.05, 0.1) is 21.7 Å². The SMILES string of the molecule is O=C(O)c1cc(N[SH](=O)=O)c(-c2cccnc2)c([N+](=O)[O-])c1. The third kappa shape index (κ3) is 3.17. The van der Waals surface area contributed by atoms with E-state index in [2.05, 4.69) is 4.98 Å². The van der Waals surface area contributed by atoms with Crippen LogP contribution >= 0.6 is 0 Å². The quantitative estimate of drug-likeness (QED) is 0.428. The number of hydrogen-bond donors (Lipinski definition) is 3. The molecule has 1 aromatic heterocycles. The number of carboxylic acids is 1. The highest BCUT2D eigenvalue weighted by atomic mass is 32.2. The number of nitrogens with zero attached hydrogens (tertiary/aromatic N) is 2. The minimum atomic E-state index is -3.13. The van der Waals surface area contributed by atoms with E-state index in [1.54, 1.807) is 0 Å². The summed E-state index contributed by atoms with van der Waals surface area (Å²) in [6.07, 6.45) is 2.76. The van der Waals surface area contributed by atoms with Gasteiger partial charge in [0.2, 0.25) is 10.9 Å². The number of hydrogen-bond acceptors (Lipinski definition) is 6. The lowest BCUT2D eigenvalue weighted by atomic mass is 10.0. The Morgan fingerprint density at radius 3 is 2.59 bits per heavy atom. The first-order chi connectivity index (χ1) is 10.4. The molecular formula is C12H9N3O6S. The Labute approximate surface area is 125 Å². The van der Waals surface area contributed by atoms with Gasteiger partial charge in [-0.15, -0.1) is 0 Å². The van der Waals surface area contributed by atoms with Crippen LogP contribution < -0.4 is 4.72 Å². The number of carboxylic acid groups (broad SMARTS) is 1. The van der Waals surface area contributed by atoms with Gasteiger partial charge in [-0.25, -0.2) is 13.2 Å². The summed E-state index contributed by atoms with van der Waals surface area (Å²) in [5, 5.41) is 20.2. The number of pyridine rings is 1. The fourth-order valence-electron chi connectivity index (χ4n) is 1.89. The highest BCUT2D eigenvalue weighted by Gasteiger charge is 2.23. The van der Waals surface area contributed by atoms with E-state index in [-0.39, 0.29) is 16.8 Å². The van der Waals surface area contributed by atoms with Crippen molar-refractivity contribution in [1.82, 2.24) is 4.98 Å². The third-order valence-corrected chi connectivity index (χ3v) is 3.15. The van der Waals surface area contributed by atoms with Gasteiger partial charge in [0.15, 0.2) is 0 Å². The highest BCUT2D eigenvalue weighted by Crippen LogP contribution is 2.37. The van der Waals surface area contributed by atoms with Crippen molar-refractivity contribution in [3.8, 4) is 11.1 Å². The summed E-state index contributed by atoms with van der Waals surface area (Å²) in [4.78, 5) is 25.3. The van der Waals surface area contributed by atoms with E-state index in [0.29, 0.717) is 0 Å². The molecular weight excluding hydrogens is 314 g/mol. The van der Waals surface area contributed by atoms with Crippen LogP contribution in [0.5, 0.6) is 0 Å². The number of aromatic nitrogens is 1. The van der Waals surface area contributed by atoms with E-state index in [1.807, 2.05) is 4.72 Å². The molecule has 0 unspecified atom stereocenters. The summed E-state index contributed by atoms with van der Waals surface area (Å²) in [5.74, 6) is -1.41. The number of benzene rings is 1. The summed E-state index contributed by atoms with van der Waals surface area (Å²) in [6, 6.07) is 4.90. The number of aromatic carboxylic acids is 1. The van der Waals surface area contributed by atoms with Gasteiger partial charge in [-0.3, -0.25) is 19.8 Å². The van der Waals surface area contributed by atoms with Crippen LogP contribution in [0.1, 0.15) is 10.4 Å². The Kier molecular flexibility index (Phi) is 4.32. The van der Waals surface area contributed by atoms with Gasteiger partial charge in [0, 0.05) is 24.0 Å². The summed E-state index contributed by atoms with van der Waals surface area (Å²) in [5.41, 5.74) is -0.908. The first kappa shape index (κ1) is 15.4. The third-order valence-electron chi connectivity index (χ3n) is 2.72. The van der Waals surface area contributed by atoms with Crippen LogP contribution in [0.15, 0.2) is 36.7 Å². The van der Waals surface area contributed by atoms with Crippen molar-refractivity contribution < 1.29 is 23.2 Å². The molecule has 0 aliphatic carbocycles. The van der Waals surface area contributed by atoms with E-state index >= 15 is 0 Å². The molecule has 2 aromatic rings. The zero-order valence-electron chi connectivity index (χ0n) is 10.8. The molecule has 0 aliphatic heterocycles. The highest BCUT2D eigenvalue weighted by molar-refractivity contribution is 7.73. The molecule has 0 atom stereocenters. The van der Waals surface area contributed by atoms with Crippen molar-refractivity contribution in [1.29, 1.82) is 0 Å². The number of rotatable bonds is 5. The molecule has 10 heteroatoms. The van der Waals surface area contributed by atoms with Crippen LogP contribution in [-0.2, 0) is 10.9 Å². The zero-order valence-corrected chi connectivity index (χ0v) is 11.7. The molecule has 0 aliphatic rings. The normalized spacial score (nSPS) is 10.4. The van der Waals surface area contributed by atoms with Crippen molar-refractivity contribution in [2.45, 2.75) is 0 Å². The van der Waals surface area contributed by atoms with E-state index in [0.717, 1.165) is 12.1 Å². The number of thiol groups is 1. The first-order valence-electron chi connectivity index (χ1n) is 5.77. The molecule has 0 amide bonds. The Morgan fingerprint density at radius 1 is 1.36 bits per heavy atom. The number of carbonyl (C=O) groups is 1. The first-order valence-corrected chi connectivity index (χ1v) is 6.95. The minimum Gasteiger partial charge on any atom is -0.478 e. The van der Waals surface area contributed by atoms with Crippen LogP contribution in [-0.4, -0.2) is 29.4 Å². The maximum absolute atomic E-state index is 11.2. The lowest BCUT2D eigenvalue weighted by Gasteiger charge is -2.10. The monoisotopic (exact) mass is 323 g/mol. The van der Waals surface area contributed by atoms with Crippen molar-refractivity contribution in [2.75, 3.05) is 4.72 Å². The molecule has 0 spiro atoms. The predicted molar refractivity (Wildman–Crippen MR) is 77.2 cm³/mol. The number of nitrogens with one attached hydrogen (secondary N) is 1. The summed E-state index contributed by atoms with van der Waals surface area (Å²) >= 11 is 0. The lowest BCUT2D eigenvalue weighted by molar-refractivity contribution is -0.384. The Hall–Kier alpha value is -3.01. The van der Waals surface area contributed by atoms with Crippen molar-refractivity contribution >= 4 is 28.2 Å². The average Bonchev–Trinajstić information content (AvgIpc) is 2.46. The fraction of sp³-hybridized carbons (Fsp3) is 0. The maximum atomic E-state index is 11.2. The second-order valence-electron chi connectivity index (χ2n) is 4.09. The molecule has 114 valence electrons. The molecule has 1 aromatic carbocycles. The molecule has 0 radical (unpaired) electrons. The molecule has 0 saturated carbocycles. The molecule has 0 fully saturated rings. The van der Waals surface area contributed by atoms with Crippen molar-refractivity contribution in [3.05, 3.63) is 52.3 Å². The standard InChI is InChI=1S/C12H9N3O6S/c16-12(17)8-4-9(14-22(20)21)11(10(5-8)15(18)19)7-2-1-3-13-6-7/h1-6,22H,(H,16,17)(H,14,20,21). The maximum Gasteiger partial charge on any atom is 0.336 e. The van der Waals surface area contributed by atoms with Gasteiger partial charge in [0.25, 0.3) is 5.69 Å². The van der Waals surface area contributed by atoms with Crippen LogP contribution in [0.3, 0.4) is 0 Å². The average molecular weight is 323 g/mol. The number of anilines is 1. The van der Waals surface area contributed by atoms with Gasteiger partial charge >= 0.3 is 5.97 Å². The summed E-state index contributed by atoms with van der Waals surface area (Å²) < 4.78 is 23.8. The second-order valence-corrected chi connectivity index (χ2v) is 4.83. The van der Waals surface area contributed by atoms with Crippen LogP contribution in [0, 0.1) is 10.1 Å². The van der Waals surface area contributed by atoms with Crippen LogP contribution in [0.4, 0.5) is 11.4 Å². The van der Waals surface area contributed by atoms with Gasteiger partial charge in [-0.05, 0) is 12.1 Å². The fourth-order valence-corrected chi connectivity index (χ4v) is 2.27. The van der Waals surface area contributed by atoms with E-state index < -0.39 is 33.0 Å². The van der Waals surface area contributed by atoms with Gasteiger partial charge in [0.1, 0.15) is 0 Å². The van der Waals surface area contributed by atoms with E-state index in [1.165, 1.54) is 24.5 Å². The molecule has 0 saturated heterocycles. The minimum absolute atomic E-state index is 0.0534. The topological polar surface area (TPSA) is 140 Å². The van der Waals surface area contributed by atoms with E-state index in [4.69, 9.17) is 5.11 Å². The van der Waals surface area contributed by atoms with Gasteiger partial charge < -0.3 is 5.11 Å². The predicted octanol–water partition coefficient (Wildman–Crippen LogP) is 1.29. The Bertz CT molecular complexity index is 811. The van der Waals surface area contributed by atoms with Gasteiger partial charge in [-0.1, -0.05) is 6.07 Å². The van der Waals surface area contributed by atoms with E-state index in [9.17, 15) is 23.3 Å². The van der Waals surface area contributed by atoms with Crippen LogP contribution in [0.2, 0.25) is 0 Å². The number of nitro benzene ring substituents is 1. The Balaban J connectivity index is 2.82. The second kappa shape index (κ2) is 6.18. The van der Waals surface area contributed by atoms with Gasteiger partial charge in [-0.2, -0.15) is 0 Å². The molecule has 2 N–H and O–H groups in total. The lowest BCUT2D eigenvalue weighted by Crippen LogP contribution is -2.05. The van der Waals surface area contributed by atoms with Crippen molar-refractivity contribution in [2.24, 2.45) is 0 Å². The van der Waals surface area contributed by atoms with Crippen LogP contribution in [0.25, 0.3) is 11.1 Å². The summed E-state index contributed by atoms with van der Waals surface area (Å²) in [6.45, 7) is 0. The largest absolute Gasteiger partial charge is 0.478 e. The molecule has 0 bridgehead atoms. The smallest absolute Gasteiger partial charge is 0.336 e. The van der Waals surface area contributed by atoms with Crippen molar-refractivity contribution in [3.63, 3.8) is 0 Å². The Morgan fingerprint density at radius 2 is 2.09 bits per heavy atom. The summed E-state index contributed by atoms with van der Waals surface area (Å²) in [7, 11) is -3.13. The molecule has 2 rings (SSSR count). The molecule has 9 nitrogen and oxygen atoms in total. The zero-order chi connectivity index (χ0) is 16.3.